The van der Waals surface area contributed by atoms with Crippen LogP contribution in [-0.4, -0.2) is 19.3 Å². The predicted octanol–water partition coefficient (Wildman–Crippen LogP) is 3.53. The lowest BCUT2D eigenvalue weighted by molar-refractivity contribution is 0.0603. The summed E-state index contributed by atoms with van der Waals surface area (Å²) in [6, 6.07) is 4.58. The molecule has 0 aromatic heterocycles. The Bertz CT molecular complexity index is 360. The molecular weight excluding hydrogens is 253 g/mol. The molecule has 18 heavy (non-hydrogen) atoms. The molecule has 0 radical (unpaired) electrons. The largest absolute Gasteiger partial charge is 0.377 e. The molecule has 0 unspecified atom stereocenters. The molecule has 1 fully saturated rings. The Morgan fingerprint density at radius 3 is 2.78 bits per heavy atom. The summed E-state index contributed by atoms with van der Waals surface area (Å²) >= 11 is 5.78. The molecule has 0 amide bonds. The van der Waals surface area contributed by atoms with E-state index in [0.29, 0.717) is 24.3 Å². The van der Waals surface area contributed by atoms with Gasteiger partial charge < -0.3 is 10.1 Å². The molecule has 2 rings (SSSR count). The van der Waals surface area contributed by atoms with Crippen molar-refractivity contribution in [3.05, 3.63) is 34.6 Å². The van der Waals surface area contributed by atoms with Crippen LogP contribution in [0.3, 0.4) is 0 Å². The van der Waals surface area contributed by atoms with Gasteiger partial charge in [0.25, 0.3) is 0 Å². The smallest absolute Gasteiger partial charge is 0.125 e. The summed E-state index contributed by atoms with van der Waals surface area (Å²) in [4.78, 5) is 0. The van der Waals surface area contributed by atoms with Crippen LogP contribution in [0, 0.1) is 5.82 Å². The van der Waals surface area contributed by atoms with Gasteiger partial charge in [0.15, 0.2) is 0 Å². The maximum absolute atomic E-state index is 13.1. The maximum Gasteiger partial charge on any atom is 0.125 e. The van der Waals surface area contributed by atoms with Gasteiger partial charge >= 0.3 is 0 Å². The van der Waals surface area contributed by atoms with Crippen LogP contribution in [-0.2, 0) is 11.3 Å². The Kier molecular flexibility index (Phi) is 5.42. The number of halogens is 2. The molecule has 0 saturated heterocycles. The molecular formula is C14H19ClFNO. The van der Waals surface area contributed by atoms with Gasteiger partial charge in [0, 0.05) is 18.1 Å². The Hall–Kier alpha value is -0.640. The molecule has 1 aliphatic carbocycles. The van der Waals surface area contributed by atoms with Crippen LogP contribution < -0.4 is 5.32 Å². The minimum Gasteiger partial charge on any atom is -0.377 e. The summed E-state index contributed by atoms with van der Waals surface area (Å²) in [6.45, 7) is 2.11. The van der Waals surface area contributed by atoms with Crippen LogP contribution in [0.15, 0.2) is 18.2 Å². The number of hydrogen-bond acceptors (Lipinski definition) is 2. The molecule has 1 aromatic rings. The van der Waals surface area contributed by atoms with Gasteiger partial charge in [-0.25, -0.2) is 4.39 Å². The lowest BCUT2D eigenvalue weighted by Gasteiger charge is -2.11. The Labute approximate surface area is 112 Å². The molecule has 0 spiro atoms. The predicted molar refractivity (Wildman–Crippen MR) is 71.3 cm³/mol. The highest BCUT2D eigenvalue weighted by atomic mass is 35.5. The third kappa shape index (κ3) is 4.56. The fourth-order valence-corrected chi connectivity index (χ4v) is 2.54. The van der Waals surface area contributed by atoms with Crippen molar-refractivity contribution in [2.24, 2.45) is 0 Å². The molecule has 100 valence electrons. The van der Waals surface area contributed by atoms with Crippen LogP contribution in [0.2, 0.25) is 5.02 Å². The van der Waals surface area contributed by atoms with Gasteiger partial charge in [0.05, 0.1) is 12.7 Å². The first-order valence-electron chi connectivity index (χ1n) is 6.51. The van der Waals surface area contributed by atoms with Crippen molar-refractivity contribution in [1.82, 2.24) is 5.32 Å². The first kappa shape index (κ1) is 13.8. The number of hydrogen-bond donors (Lipinski definition) is 1. The van der Waals surface area contributed by atoms with E-state index in [9.17, 15) is 4.39 Å². The van der Waals surface area contributed by atoms with Crippen molar-refractivity contribution in [2.45, 2.75) is 38.3 Å². The molecule has 0 aliphatic heterocycles. The quantitative estimate of drug-likeness (QED) is 0.799. The first-order chi connectivity index (χ1) is 8.74. The average molecular weight is 272 g/mol. The fourth-order valence-electron chi connectivity index (χ4n) is 2.30. The normalized spacial score (nSPS) is 16.3. The highest BCUT2D eigenvalue weighted by Crippen LogP contribution is 2.20. The molecule has 1 N–H and O–H groups in total. The highest BCUT2D eigenvalue weighted by Gasteiger charge is 2.14. The lowest BCUT2D eigenvalue weighted by Crippen LogP contribution is -2.21. The summed E-state index contributed by atoms with van der Waals surface area (Å²) in [5.41, 5.74) is 0.862. The van der Waals surface area contributed by atoms with E-state index in [2.05, 4.69) is 5.32 Å². The molecule has 0 atom stereocenters. The zero-order valence-corrected chi connectivity index (χ0v) is 11.2. The van der Waals surface area contributed by atoms with Crippen molar-refractivity contribution in [2.75, 3.05) is 13.2 Å². The zero-order valence-electron chi connectivity index (χ0n) is 10.4. The third-order valence-electron chi connectivity index (χ3n) is 3.19. The molecule has 2 nitrogen and oxygen atoms in total. The van der Waals surface area contributed by atoms with E-state index in [1.165, 1.54) is 37.8 Å². The summed E-state index contributed by atoms with van der Waals surface area (Å²) in [6.07, 6.45) is 5.43. The van der Waals surface area contributed by atoms with E-state index in [1.54, 1.807) is 6.07 Å². The number of nitrogens with one attached hydrogen (secondary N) is 1. The second-order valence-electron chi connectivity index (χ2n) is 4.73. The van der Waals surface area contributed by atoms with E-state index in [4.69, 9.17) is 16.3 Å². The Balaban J connectivity index is 1.62. The van der Waals surface area contributed by atoms with Gasteiger partial charge in [-0.3, -0.25) is 0 Å². The second kappa shape index (κ2) is 7.07. The Morgan fingerprint density at radius 2 is 2.06 bits per heavy atom. The van der Waals surface area contributed by atoms with Crippen LogP contribution in [0.5, 0.6) is 0 Å². The van der Waals surface area contributed by atoms with Gasteiger partial charge in [0.1, 0.15) is 5.82 Å². The van der Waals surface area contributed by atoms with Crippen molar-refractivity contribution in [3.8, 4) is 0 Å². The standard InChI is InChI=1S/C14H19ClFNO/c15-12-7-11(8-13(16)9-12)10-17-5-6-18-14-3-1-2-4-14/h7-9,14,17H,1-6,10H2. The highest BCUT2D eigenvalue weighted by molar-refractivity contribution is 6.30. The zero-order chi connectivity index (χ0) is 12.8. The van der Waals surface area contributed by atoms with Crippen LogP contribution in [0.4, 0.5) is 4.39 Å². The number of rotatable bonds is 6. The molecule has 4 heteroatoms. The summed E-state index contributed by atoms with van der Waals surface area (Å²) in [5.74, 6) is -0.290. The monoisotopic (exact) mass is 271 g/mol. The van der Waals surface area contributed by atoms with Gasteiger partial charge in [0.2, 0.25) is 0 Å². The van der Waals surface area contributed by atoms with Gasteiger partial charge in [-0.1, -0.05) is 24.4 Å². The van der Waals surface area contributed by atoms with Crippen molar-refractivity contribution in [1.29, 1.82) is 0 Å². The molecule has 0 bridgehead atoms. The lowest BCUT2D eigenvalue weighted by atomic mass is 10.2. The van der Waals surface area contributed by atoms with E-state index in [0.717, 1.165) is 12.1 Å². The third-order valence-corrected chi connectivity index (χ3v) is 3.40. The van der Waals surface area contributed by atoms with Crippen molar-refractivity contribution >= 4 is 11.6 Å². The topological polar surface area (TPSA) is 21.3 Å². The summed E-state index contributed by atoms with van der Waals surface area (Å²) in [7, 11) is 0. The second-order valence-corrected chi connectivity index (χ2v) is 5.17. The fraction of sp³-hybridized carbons (Fsp3) is 0.571. The van der Waals surface area contributed by atoms with Crippen LogP contribution >= 0.6 is 11.6 Å². The minimum absolute atomic E-state index is 0.290. The summed E-state index contributed by atoms with van der Waals surface area (Å²) < 4.78 is 18.8. The number of benzene rings is 1. The van der Waals surface area contributed by atoms with Crippen LogP contribution in [0.1, 0.15) is 31.2 Å². The van der Waals surface area contributed by atoms with Gasteiger partial charge in [-0.15, -0.1) is 0 Å². The van der Waals surface area contributed by atoms with Gasteiger partial charge in [-0.2, -0.15) is 0 Å². The van der Waals surface area contributed by atoms with Crippen molar-refractivity contribution in [3.63, 3.8) is 0 Å². The minimum atomic E-state index is -0.290. The molecule has 1 saturated carbocycles. The number of ether oxygens (including phenoxy) is 1. The Morgan fingerprint density at radius 1 is 1.28 bits per heavy atom. The van der Waals surface area contributed by atoms with E-state index in [1.807, 2.05) is 0 Å². The molecule has 1 aromatic carbocycles. The SMILES string of the molecule is Fc1cc(Cl)cc(CNCCOC2CCCC2)c1. The summed E-state index contributed by atoms with van der Waals surface area (Å²) in [5, 5.41) is 3.67. The van der Waals surface area contributed by atoms with Gasteiger partial charge in [-0.05, 0) is 36.6 Å². The van der Waals surface area contributed by atoms with Crippen LogP contribution in [0.25, 0.3) is 0 Å². The first-order valence-corrected chi connectivity index (χ1v) is 6.89. The molecule has 1 aliphatic rings. The van der Waals surface area contributed by atoms with E-state index >= 15 is 0 Å². The van der Waals surface area contributed by atoms with E-state index < -0.39 is 0 Å². The maximum atomic E-state index is 13.1. The molecule has 0 heterocycles. The van der Waals surface area contributed by atoms with E-state index in [-0.39, 0.29) is 5.82 Å². The van der Waals surface area contributed by atoms with Crippen molar-refractivity contribution < 1.29 is 9.13 Å². The average Bonchev–Trinajstić information content (AvgIpc) is 2.80.